The molecule has 16 heavy (non-hydrogen) atoms. The minimum Gasteiger partial charge on any atom is -0.472 e. The summed E-state index contributed by atoms with van der Waals surface area (Å²) in [7, 11) is 0. The van der Waals surface area contributed by atoms with E-state index in [4.69, 9.17) is 10.00 Å². The Morgan fingerprint density at radius 2 is 2.31 bits per heavy atom. The molecule has 4 heteroatoms. The molecule has 1 fully saturated rings. The van der Waals surface area contributed by atoms with Crippen molar-refractivity contribution in [3.05, 3.63) is 29.6 Å². The minimum atomic E-state index is -0.546. The number of benzene rings is 1. The number of piperidine rings is 1. The third-order valence-electron chi connectivity index (χ3n) is 2.54. The monoisotopic (exact) mass is 219 g/mol. The maximum absolute atomic E-state index is 13.3. The van der Waals surface area contributed by atoms with E-state index in [0.717, 1.165) is 25.8 Å². The molecule has 1 aliphatic heterocycles. The van der Waals surface area contributed by atoms with Crippen LogP contribution in [-0.4, -0.2) is 12.8 Å². The van der Waals surface area contributed by atoms with Crippen LogP contribution in [0.1, 0.15) is 24.8 Å². The van der Waals surface area contributed by atoms with Crippen molar-refractivity contribution in [1.82, 2.24) is 5.32 Å². The molecule has 1 atom stereocenters. The van der Waals surface area contributed by atoms with Gasteiger partial charge in [0.1, 0.15) is 23.2 Å². The molecule has 0 aromatic heterocycles. The minimum absolute atomic E-state index is 0.0386. The molecule has 1 unspecified atom stereocenters. The molecular formula is C12H12FN2O. The normalized spacial score (nSPS) is 20.1. The maximum Gasteiger partial charge on any atom is 0.165 e. The average Bonchev–Trinajstić information content (AvgIpc) is 2.31. The van der Waals surface area contributed by atoms with Crippen molar-refractivity contribution in [3.63, 3.8) is 0 Å². The van der Waals surface area contributed by atoms with Gasteiger partial charge in [-0.15, -0.1) is 0 Å². The number of halogens is 1. The zero-order valence-electron chi connectivity index (χ0n) is 8.82. The van der Waals surface area contributed by atoms with Crippen LogP contribution in [0.15, 0.2) is 18.2 Å². The summed E-state index contributed by atoms with van der Waals surface area (Å²) in [6.45, 7) is 0.780. The summed E-state index contributed by atoms with van der Waals surface area (Å²) >= 11 is 0. The van der Waals surface area contributed by atoms with Crippen LogP contribution in [0.2, 0.25) is 0 Å². The van der Waals surface area contributed by atoms with Crippen LogP contribution in [0.25, 0.3) is 0 Å². The second-order valence-electron chi connectivity index (χ2n) is 3.70. The number of nitriles is 1. The third-order valence-corrected chi connectivity index (χ3v) is 2.54. The summed E-state index contributed by atoms with van der Waals surface area (Å²) < 4.78 is 18.8. The second-order valence-corrected chi connectivity index (χ2v) is 3.70. The Morgan fingerprint density at radius 1 is 1.44 bits per heavy atom. The highest BCUT2D eigenvalue weighted by Crippen LogP contribution is 2.23. The van der Waals surface area contributed by atoms with Gasteiger partial charge < -0.3 is 4.74 Å². The summed E-state index contributed by atoms with van der Waals surface area (Å²) in [6.07, 6.45) is 2.74. The Balaban J connectivity index is 2.14. The van der Waals surface area contributed by atoms with Gasteiger partial charge in [0.05, 0.1) is 0 Å². The Bertz CT molecular complexity index is 408. The van der Waals surface area contributed by atoms with Crippen molar-refractivity contribution in [2.75, 3.05) is 6.54 Å². The summed E-state index contributed by atoms with van der Waals surface area (Å²) in [5, 5.41) is 13.1. The van der Waals surface area contributed by atoms with E-state index in [0.29, 0.717) is 0 Å². The Labute approximate surface area is 93.8 Å². The Morgan fingerprint density at radius 3 is 3.00 bits per heavy atom. The first kappa shape index (κ1) is 10.9. The van der Waals surface area contributed by atoms with Crippen LogP contribution in [-0.2, 0) is 0 Å². The average molecular weight is 219 g/mol. The molecule has 3 nitrogen and oxygen atoms in total. The van der Waals surface area contributed by atoms with E-state index >= 15 is 0 Å². The van der Waals surface area contributed by atoms with E-state index in [1.165, 1.54) is 12.1 Å². The summed E-state index contributed by atoms with van der Waals surface area (Å²) in [4.78, 5) is 0. The molecule has 0 N–H and O–H groups in total. The fourth-order valence-electron chi connectivity index (χ4n) is 1.71. The molecule has 0 bridgehead atoms. The zero-order chi connectivity index (χ0) is 11.4. The molecule has 0 saturated carbocycles. The van der Waals surface area contributed by atoms with Gasteiger partial charge in [0.2, 0.25) is 0 Å². The number of ether oxygens (including phenoxy) is 1. The lowest BCUT2D eigenvalue weighted by molar-refractivity contribution is 0.127. The highest BCUT2D eigenvalue weighted by atomic mass is 19.1. The molecule has 2 rings (SSSR count). The van der Waals surface area contributed by atoms with Gasteiger partial charge in [0.25, 0.3) is 0 Å². The first-order valence-electron chi connectivity index (χ1n) is 5.33. The van der Waals surface area contributed by atoms with Crippen molar-refractivity contribution < 1.29 is 9.13 Å². The van der Waals surface area contributed by atoms with Crippen molar-refractivity contribution in [1.29, 1.82) is 5.26 Å². The fraction of sp³-hybridized carbons (Fsp3) is 0.417. The fourth-order valence-corrected chi connectivity index (χ4v) is 1.71. The molecule has 0 aliphatic carbocycles. The van der Waals surface area contributed by atoms with Crippen LogP contribution in [0, 0.1) is 17.1 Å². The second kappa shape index (κ2) is 4.95. The molecule has 0 amide bonds. The van der Waals surface area contributed by atoms with Gasteiger partial charge in [0, 0.05) is 6.54 Å². The molecule has 1 heterocycles. The van der Waals surface area contributed by atoms with Crippen LogP contribution >= 0.6 is 0 Å². The number of hydrogen-bond donors (Lipinski definition) is 0. The zero-order valence-corrected chi connectivity index (χ0v) is 8.82. The molecule has 1 aliphatic rings. The lowest BCUT2D eigenvalue weighted by Gasteiger charge is -2.23. The summed E-state index contributed by atoms with van der Waals surface area (Å²) in [5.74, 6) is -0.256. The summed E-state index contributed by atoms with van der Waals surface area (Å²) in [6, 6.07) is 6.20. The predicted octanol–water partition coefficient (Wildman–Crippen LogP) is 2.19. The Hall–Kier alpha value is -1.60. The van der Waals surface area contributed by atoms with Crippen molar-refractivity contribution in [3.8, 4) is 11.8 Å². The van der Waals surface area contributed by atoms with E-state index in [9.17, 15) is 4.39 Å². The molecule has 83 valence electrons. The molecule has 1 aromatic rings. The van der Waals surface area contributed by atoms with Gasteiger partial charge in [-0.05, 0) is 31.4 Å². The molecule has 1 radical (unpaired) electrons. The van der Waals surface area contributed by atoms with Crippen LogP contribution in [0.4, 0.5) is 4.39 Å². The molecule has 0 spiro atoms. The molecule has 1 aromatic carbocycles. The Kier molecular flexibility index (Phi) is 3.37. The van der Waals surface area contributed by atoms with E-state index in [1.807, 2.05) is 6.07 Å². The van der Waals surface area contributed by atoms with Crippen molar-refractivity contribution in [2.45, 2.75) is 25.5 Å². The molecular weight excluding hydrogens is 207 g/mol. The number of rotatable bonds is 2. The number of hydrogen-bond acceptors (Lipinski definition) is 2. The SMILES string of the molecule is N#Cc1c(F)cccc1OC1CCCC[N]1. The lowest BCUT2D eigenvalue weighted by Crippen LogP contribution is -2.33. The third kappa shape index (κ3) is 2.31. The molecule has 1 saturated heterocycles. The van der Waals surface area contributed by atoms with Gasteiger partial charge in [-0.2, -0.15) is 5.26 Å². The standard InChI is InChI=1S/C12H12FN2O/c13-10-4-3-5-11(9(10)8-14)16-12-6-1-2-7-15-12/h3-5,12H,1-2,6-7H2. The lowest BCUT2D eigenvalue weighted by atomic mass is 10.1. The van der Waals surface area contributed by atoms with Crippen LogP contribution < -0.4 is 10.1 Å². The van der Waals surface area contributed by atoms with E-state index in [1.54, 1.807) is 6.07 Å². The van der Waals surface area contributed by atoms with Crippen LogP contribution in [0.5, 0.6) is 5.75 Å². The van der Waals surface area contributed by atoms with Crippen molar-refractivity contribution in [2.24, 2.45) is 0 Å². The largest absolute Gasteiger partial charge is 0.472 e. The van der Waals surface area contributed by atoms with Gasteiger partial charge >= 0.3 is 0 Å². The topological polar surface area (TPSA) is 47.1 Å². The summed E-state index contributed by atoms with van der Waals surface area (Å²) in [5.41, 5.74) is -0.0386. The predicted molar refractivity (Wildman–Crippen MR) is 56.4 cm³/mol. The van der Waals surface area contributed by atoms with Gasteiger partial charge in [-0.1, -0.05) is 6.07 Å². The van der Waals surface area contributed by atoms with Gasteiger partial charge in [-0.25, -0.2) is 9.71 Å². The van der Waals surface area contributed by atoms with E-state index < -0.39 is 5.82 Å². The first-order chi connectivity index (χ1) is 7.81. The highest BCUT2D eigenvalue weighted by molar-refractivity contribution is 5.43. The van der Waals surface area contributed by atoms with Crippen molar-refractivity contribution >= 4 is 0 Å². The van der Waals surface area contributed by atoms with E-state index in [2.05, 4.69) is 5.32 Å². The smallest absolute Gasteiger partial charge is 0.165 e. The van der Waals surface area contributed by atoms with Crippen LogP contribution in [0.3, 0.4) is 0 Å². The first-order valence-corrected chi connectivity index (χ1v) is 5.33. The van der Waals surface area contributed by atoms with Gasteiger partial charge in [0.15, 0.2) is 6.23 Å². The van der Waals surface area contributed by atoms with Gasteiger partial charge in [-0.3, -0.25) is 0 Å². The van der Waals surface area contributed by atoms with E-state index in [-0.39, 0.29) is 17.5 Å². The number of nitrogens with zero attached hydrogens (tertiary/aromatic N) is 2. The quantitative estimate of drug-likeness (QED) is 0.765. The highest BCUT2D eigenvalue weighted by Gasteiger charge is 2.18. The maximum atomic E-state index is 13.3.